The predicted molar refractivity (Wildman–Crippen MR) is 75.6 cm³/mol. The van der Waals surface area contributed by atoms with Crippen LogP contribution in [0.2, 0.25) is 5.02 Å². The smallest absolute Gasteiger partial charge is 0.313 e. The number of benzene rings is 2. The first-order chi connectivity index (χ1) is 9.90. The number of para-hydroxylation sites is 1. The van der Waals surface area contributed by atoms with Crippen molar-refractivity contribution in [3.05, 3.63) is 62.9 Å². The van der Waals surface area contributed by atoms with Crippen molar-refractivity contribution in [1.82, 2.24) is 0 Å². The molecule has 0 spiro atoms. The second kappa shape index (κ2) is 5.76. The van der Waals surface area contributed by atoms with Crippen molar-refractivity contribution < 1.29 is 14.1 Å². The lowest BCUT2D eigenvalue weighted by Crippen LogP contribution is -2.11. The lowest BCUT2D eigenvalue weighted by atomic mass is 10.2. The van der Waals surface area contributed by atoms with Gasteiger partial charge in [0.2, 0.25) is 5.75 Å². The summed E-state index contributed by atoms with van der Waals surface area (Å²) in [6.45, 7) is 0. The third-order valence-electron chi connectivity index (χ3n) is 2.60. The Hall–Kier alpha value is -2.67. The third kappa shape index (κ3) is 3.09. The van der Waals surface area contributed by atoms with Gasteiger partial charge < -0.3 is 10.5 Å². The van der Waals surface area contributed by atoms with Crippen molar-refractivity contribution in [1.29, 1.82) is 5.41 Å². The minimum Gasteiger partial charge on any atom is -0.445 e. The van der Waals surface area contributed by atoms with Crippen LogP contribution in [-0.2, 0) is 0 Å². The Kier molecular flexibility index (Phi) is 4.04. The number of nitrogens with zero attached hydrogens (tertiary/aromatic N) is 1. The molecule has 8 heteroatoms. The Morgan fingerprint density at radius 2 is 2.10 bits per heavy atom. The van der Waals surface area contributed by atoms with E-state index in [4.69, 9.17) is 27.5 Å². The van der Waals surface area contributed by atoms with Crippen molar-refractivity contribution in [3.63, 3.8) is 0 Å². The van der Waals surface area contributed by atoms with Gasteiger partial charge in [-0.2, -0.15) is 0 Å². The maximum absolute atomic E-state index is 13.9. The number of hydrogen-bond acceptors (Lipinski definition) is 4. The van der Waals surface area contributed by atoms with Crippen LogP contribution in [0.3, 0.4) is 0 Å². The molecule has 0 aromatic heterocycles. The summed E-state index contributed by atoms with van der Waals surface area (Å²) in [6.07, 6.45) is 0. The second-order valence-electron chi connectivity index (χ2n) is 4.01. The number of nitrogen functional groups attached to an aromatic ring is 1. The van der Waals surface area contributed by atoms with Crippen LogP contribution in [0.25, 0.3) is 0 Å². The molecule has 0 heterocycles. The van der Waals surface area contributed by atoms with Gasteiger partial charge in [0.05, 0.1) is 9.95 Å². The van der Waals surface area contributed by atoms with E-state index in [1.54, 1.807) is 0 Å². The van der Waals surface area contributed by atoms with Crippen molar-refractivity contribution in [2.45, 2.75) is 0 Å². The average Bonchev–Trinajstić information content (AvgIpc) is 2.42. The van der Waals surface area contributed by atoms with Gasteiger partial charge in [0.25, 0.3) is 0 Å². The Morgan fingerprint density at radius 1 is 1.38 bits per heavy atom. The summed E-state index contributed by atoms with van der Waals surface area (Å²) in [5.41, 5.74) is 5.04. The summed E-state index contributed by atoms with van der Waals surface area (Å²) in [6, 6.07) is 7.57. The van der Waals surface area contributed by atoms with Crippen LogP contribution in [0.5, 0.6) is 11.5 Å². The maximum Gasteiger partial charge on any atom is 0.313 e. The first-order valence-electron chi connectivity index (χ1n) is 5.65. The normalized spacial score (nSPS) is 10.2. The fourth-order valence-corrected chi connectivity index (χ4v) is 1.81. The highest BCUT2D eigenvalue weighted by Crippen LogP contribution is 2.38. The molecule has 0 saturated carbocycles. The van der Waals surface area contributed by atoms with E-state index in [-0.39, 0.29) is 33.6 Å². The molecule has 0 radical (unpaired) electrons. The highest BCUT2D eigenvalue weighted by molar-refractivity contribution is 6.32. The first kappa shape index (κ1) is 14.7. The Bertz CT molecular complexity index is 737. The monoisotopic (exact) mass is 309 g/mol. The van der Waals surface area contributed by atoms with E-state index in [1.807, 2.05) is 0 Å². The first-order valence-corrected chi connectivity index (χ1v) is 6.02. The molecular formula is C13H9ClFN3O3. The van der Waals surface area contributed by atoms with Gasteiger partial charge in [0.15, 0.2) is 11.6 Å². The molecule has 2 aromatic rings. The average molecular weight is 310 g/mol. The van der Waals surface area contributed by atoms with E-state index in [9.17, 15) is 14.5 Å². The Balaban J connectivity index is 2.44. The maximum atomic E-state index is 13.9. The second-order valence-corrected chi connectivity index (χ2v) is 4.41. The van der Waals surface area contributed by atoms with E-state index in [1.165, 1.54) is 30.3 Å². The Morgan fingerprint density at radius 3 is 2.67 bits per heavy atom. The van der Waals surface area contributed by atoms with E-state index in [0.29, 0.717) is 0 Å². The number of nitrogens with one attached hydrogen (secondary N) is 1. The molecule has 0 amide bonds. The van der Waals surface area contributed by atoms with Crippen LogP contribution >= 0.6 is 11.6 Å². The predicted octanol–water partition coefficient (Wildman–Crippen LogP) is 3.46. The van der Waals surface area contributed by atoms with Gasteiger partial charge in [-0.15, -0.1) is 0 Å². The number of nitrogens with two attached hydrogens (primary N) is 1. The zero-order chi connectivity index (χ0) is 15.6. The van der Waals surface area contributed by atoms with Gasteiger partial charge >= 0.3 is 5.69 Å². The fraction of sp³-hybridized carbons (Fsp3) is 0. The van der Waals surface area contributed by atoms with Gasteiger partial charge in [-0.05, 0) is 24.3 Å². The van der Waals surface area contributed by atoms with Gasteiger partial charge in [0, 0.05) is 11.6 Å². The molecule has 6 nitrogen and oxygen atoms in total. The molecule has 0 aliphatic heterocycles. The van der Waals surface area contributed by atoms with E-state index in [2.05, 4.69) is 0 Å². The highest BCUT2D eigenvalue weighted by Gasteiger charge is 2.20. The van der Waals surface area contributed by atoms with Crippen molar-refractivity contribution in [2.75, 3.05) is 0 Å². The number of amidine groups is 1. The molecule has 0 fully saturated rings. The standard InChI is InChI=1S/C13H9ClFN3O3/c14-8-2-1-3-10(18(19)20)12(8)21-11-5-4-7(13(16)17)6-9(11)15/h1-6H,(H3,16,17). The molecule has 21 heavy (non-hydrogen) atoms. The number of hydrogen-bond donors (Lipinski definition) is 2. The zero-order valence-electron chi connectivity index (χ0n) is 10.5. The molecule has 0 bridgehead atoms. The molecule has 0 aliphatic rings. The van der Waals surface area contributed by atoms with Crippen LogP contribution in [0.4, 0.5) is 10.1 Å². The molecule has 0 unspecified atom stereocenters. The molecule has 3 N–H and O–H groups in total. The number of halogens is 2. The molecule has 108 valence electrons. The summed E-state index contributed by atoms with van der Waals surface area (Å²) in [4.78, 5) is 10.2. The summed E-state index contributed by atoms with van der Waals surface area (Å²) in [7, 11) is 0. The van der Waals surface area contributed by atoms with Crippen LogP contribution in [-0.4, -0.2) is 10.8 Å². The highest BCUT2D eigenvalue weighted by atomic mass is 35.5. The molecular weight excluding hydrogens is 301 g/mol. The van der Waals surface area contributed by atoms with Gasteiger partial charge in [-0.25, -0.2) is 4.39 Å². The molecule has 0 aliphatic carbocycles. The van der Waals surface area contributed by atoms with Crippen LogP contribution in [0.15, 0.2) is 36.4 Å². The van der Waals surface area contributed by atoms with E-state index >= 15 is 0 Å². The number of nitro benzene ring substituents is 1. The van der Waals surface area contributed by atoms with E-state index in [0.717, 1.165) is 6.07 Å². The minimum atomic E-state index is -0.808. The topological polar surface area (TPSA) is 102 Å². The Labute approximate surface area is 123 Å². The quantitative estimate of drug-likeness (QED) is 0.390. The zero-order valence-corrected chi connectivity index (χ0v) is 11.2. The molecule has 0 saturated heterocycles. The number of nitro groups is 1. The van der Waals surface area contributed by atoms with Gasteiger partial charge in [-0.3, -0.25) is 15.5 Å². The summed E-state index contributed by atoms with van der Waals surface area (Å²) >= 11 is 5.85. The molecule has 2 aromatic carbocycles. The fourth-order valence-electron chi connectivity index (χ4n) is 1.60. The van der Waals surface area contributed by atoms with Crippen LogP contribution in [0, 0.1) is 21.3 Å². The lowest BCUT2D eigenvalue weighted by Gasteiger charge is -2.09. The summed E-state index contributed by atoms with van der Waals surface area (Å²) in [5.74, 6) is -1.61. The minimum absolute atomic E-state index is 0.0146. The summed E-state index contributed by atoms with van der Waals surface area (Å²) in [5, 5.41) is 18.1. The SMILES string of the molecule is N=C(N)c1ccc(Oc2c(Cl)cccc2[N+](=O)[O-])c(F)c1. The number of ether oxygens (including phenoxy) is 1. The van der Waals surface area contributed by atoms with E-state index < -0.39 is 10.7 Å². The molecule has 2 rings (SSSR count). The summed E-state index contributed by atoms with van der Waals surface area (Å²) < 4.78 is 19.1. The van der Waals surface area contributed by atoms with Crippen molar-refractivity contribution in [2.24, 2.45) is 5.73 Å². The largest absolute Gasteiger partial charge is 0.445 e. The van der Waals surface area contributed by atoms with Crippen LogP contribution < -0.4 is 10.5 Å². The third-order valence-corrected chi connectivity index (χ3v) is 2.90. The van der Waals surface area contributed by atoms with Crippen molar-refractivity contribution >= 4 is 23.1 Å². The lowest BCUT2D eigenvalue weighted by molar-refractivity contribution is -0.385. The van der Waals surface area contributed by atoms with Gasteiger partial charge in [0.1, 0.15) is 5.84 Å². The molecule has 0 atom stereocenters. The van der Waals surface area contributed by atoms with Crippen molar-refractivity contribution in [3.8, 4) is 11.5 Å². The number of rotatable bonds is 4. The van der Waals surface area contributed by atoms with Crippen LogP contribution in [0.1, 0.15) is 5.56 Å². The van der Waals surface area contributed by atoms with Gasteiger partial charge in [-0.1, -0.05) is 17.7 Å².